The van der Waals surface area contributed by atoms with Gasteiger partial charge in [0.2, 0.25) is 0 Å². The topological polar surface area (TPSA) is 38.6 Å². The fraction of sp³-hybridized carbons (Fsp3) is 0.667. The second-order valence-electron chi connectivity index (χ2n) is 6.10. The molecule has 5 heteroatoms. The minimum absolute atomic E-state index is 0.317. The smallest absolute Gasteiger partial charge is 0.193 e. The van der Waals surface area contributed by atoms with Crippen LogP contribution in [-0.4, -0.2) is 36.2 Å². The molecular weight excluding hydrogens is 270 g/mol. The lowest BCUT2D eigenvalue weighted by atomic mass is 9.80. The molecule has 2 heterocycles. The zero-order valence-corrected chi connectivity index (χ0v) is 13.1. The summed E-state index contributed by atoms with van der Waals surface area (Å²) in [5.41, 5.74) is 1.54. The molecular formula is C15H23N3OS. The highest BCUT2D eigenvalue weighted by atomic mass is 32.1. The van der Waals surface area contributed by atoms with Gasteiger partial charge in [-0.15, -0.1) is 11.3 Å². The largest absolute Gasteiger partial charge is 0.383 e. The molecule has 4 nitrogen and oxygen atoms in total. The van der Waals surface area contributed by atoms with Gasteiger partial charge in [-0.1, -0.05) is 6.92 Å². The highest BCUT2D eigenvalue weighted by Gasteiger charge is 2.41. The minimum atomic E-state index is 0.317. The molecule has 1 atom stereocenters. The Labute approximate surface area is 124 Å². The Morgan fingerprint density at radius 3 is 3.10 bits per heavy atom. The molecule has 0 bridgehead atoms. The number of rotatable bonds is 8. The van der Waals surface area contributed by atoms with Gasteiger partial charge in [0.1, 0.15) is 0 Å². The predicted molar refractivity (Wildman–Crippen MR) is 82.3 cm³/mol. The number of imidazole rings is 1. The van der Waals surface area contributed by atoms with E-state index < -0.39 is 0 Å². The first kappa shape index (κ1) is 14.0. The van der Waals surface area contributed by atoms with Crippen LogP contribution in [0.25, 0.3) is 4.96 Å². The second-order valence-corrected chi connectivity index (χ2v) is 6.97. The molecule has 0 amide bonds. The van der Waals surface area contributed by atoms with E-state index in [1.807, 2.05) is 0 Å². The van der Waals surface area contributed by atoms with E-state index in [0.29, 0.717) is 5.41 Å². The van der Waals surface area contributed by atoms with Crippen LogP contribution in [0.15, 0.2) is 17.8 Å². The maximum Gasteiger partial charge on any atom is 0.193 e. The number of hydrogen-bond acceptors (Lipinski definition) is 4. The summed E-state index contributed by atoms with van der Waals surface area (Å²) in [6.45, 7) is 5.15. The van der Waals surface area contributed by atoms with Gasteiger partial charge in [0.05, 0.1) is 12.3 Å². The van der Waals surface area contributed by atoms with Gasteiger partial charge in [-0.3, -0.25) is 4.40 Å². The minimum Gasteiger partial charge on any atom is -0.383 e. The fourth-order valence-electron chi connectivity index (χ4n) is 2.95. The number of ether oxygens (including phenoxy) is 1. The first-order valence-corrected chi connectivity index (χ1v) is 8.20. The summed E-state index contributed by atoms with van der Waals surface area (Å²) < 4.78 is 7.23. The average Bonchev–Trinajstić information content (AvgIpc) is 3.09. The van der Waals surface area contributed by atoms with Crippen molar-refractivity contribution in [1.29, 1.82) is 0 Å². The van der Waals surface area contributed by atoms with Crippen molar-refractivity contribution in [2.45, 2.75) is 26.2 Å². The van der Waals surface area contributed by atoms with Gasteiger partial charge < -0.3 is 10.1 Å². The van der Waals surface area contributed by atoms with Crippen molar-refractivity contribution < 1.29 is 4.74 Å². The van der Waals surface area contributed by atoms with Crippen LogP contribution >= 0.6 is 11.3 Å². The summed E-state index contributed by atoms with van der Waals surface area (Å²) in [6, 6.07) is 0. The normalized spacial score (nSPS) is 18.5. The molecule has 1 fully saturated rings. The Hall–Kier alpha value is -0.910. The standard InChI is InChI=1S/C15H23N3OS/c1-15(12-3-4-12,11-16-5-7-19-2)9-13-10-18-6-8-20-14(18)17-13/h6,8,10,12,16H,3-5,7,9,11H2,1-2H3. The van der Waals surface area contributed by atoms with Gasteiger partial charge in [0.25, 0.3) is 0 Å². The number of methoxy groups -OCH3 is 1. The van der Waals surface area contributed by atoms with Gasteiger partial charge in [-0.2, -0.15) is 0 Å². The van der Waals surface area contributed by atoms with Crippen molar-refractivity contribution in [2.24, 2.45) is 11.3 Å². The summed E-state index contributed by atoms with van der Waals surface area (Å²) in [5, 5.41) is 5.62. The lowest BCUT2D eigenvalue weighted by molar-refractivity contribution is 0.187. The molecule has 1 aliphatic carbocycles. The molecule has 1 unspecified atom stereocenters. The van der Waals surface area contributed by atoms with E-state index in [1.54, 1.807) is 18.4 Å². The highest BCUT2D eigenvalue weighted by Crippen LogP contribution is 2.47. The van der Waals surface area contributed by atoms with E-state index in [9.17, 15) is 0 Å². The van der Waals surface area contributed by atoms with Crippen LogP contribution in [-0.2, 0) is 11.2 Å². The molecule has 110 valence electrons. The zero-order chi connectivity index (χ0) is 14.0. The van der Waals surface area contributed by atoms with E-state index in [2.05, 4.69) is 34.4 Å². The first-order valence-electron chi connectivity index (χ1n) is 7.32. The number of hydrogen-bond donors (Lipinski definition) is 1. The average molecular weight is 293 g/mol. The SMILES string of the molecule is COCCNCC(C)(Cc1cn2ccsc2n1)C1CC1. The Morgan fingerprint density at radius 2 is 2.40 bits per heavy atom. The number of nitrogens with zero attached hydrogens (tertiary/aromatic N) is 2. The molecule has 0 radical (unpaired) electrons. The van der Waals surface area contributed by atoms with Gasteiger partial charge in [0, 0.05) is 38.0 Å². The van der Waals surface area contributed by atoms with Crippen molar-refractivity contribution in [2.75, 3.05) is 26.8 Å². The lowest BCUT2D eigenvalue weighted by Gasteiger charge is -2.29. The third kappa shape index (κ3) is 3.05. The lowest BCUT2D eigenvalue weighted by Crippen LogP contribution is -2.37. The molecule has 3 rings (SSSR count). The first-order chi connectivity index (χ1) is 9.71. The van der Waals surface area contributed by atoms with Gasteiger partial charge in [-0.25, -0.2) is 4.98 Å². The third-order valence-electron chi connectivity index (χ3n) is 4.30. The fourth-order valence-corrected chi connectivity index (χ4v) is 3.67. The molecule has 0 aromatic carbocycles. The van der Waals surface area contributed by atoms with Crippen molar-refractivity contribution in [3.8, 4) is 0 Å². The van der Waals surface area contributed by atoms with Crippen LogP contribution in [0, 0.1) is 11.3 Å². The van der Waals surface area contributed by atoms with E-state index in [4.69, 9.17) is 9.72 Å². The third-order valence-corrected chi connectivity index (χ3v) is 5.07. The Morgan fingerprint density at radius 1 is 1.55 bits per heavy atom. The van der Waals surface area contributed by atoms with Crippen LogP contribution in [0.3, 0.4) is 0 Å². The number of nitrogens with one attached hydrogen (secondary N) is 1. The summed E-state index contributed by atoms with van der Waals surface area (Å²) in [7, 11) is 1.75. The number of fused-ring (bicyclic) bond motifs is 1. The van der Waals surface area contributed by atoms with Crippen molar-refractivity contribution >= 4 is 16.3 Å². The Kier molecular flexibility index (Phi) is 4.10. The summed E-state index contributed by atoms with van der Waals surface area (Å²) in [6.07, 6.45) is 8.06. The Balaban J connectivity index is 1.65. The molecule has 0 saturated heterocycles. The van der Waals surface area contributed by atoms with Crippen LogP contribution in [0.2, 0.25) is 0 Å². The molecule has 20 heavy (non-hydrogen) atoms. The molecule has 0 aliphatic heterocycles. The molecule has 2 aromatic heterocycles. The van der Waals surface area contributed by atoms with Crippen LogP contribution in [0.1, 0.15) is 25.5 Å². The van der Waals surface area contributed by atoms with Crippen molar-refractivity contribution in [3.05, 3.63) is 23.5 Å². The van der Waals surface area contributed by atoms with Crippen molar-refractivity contribution in [1.82, 2.24) is 14.7 Å². The molecule has 1 aliphatic rings. The monoisotopic (exact) mass is 293 g/mol. The van der Waals surface area contributed by atoms with Gasteiger partial charge in [0.15, 0.2) is 4.96 Å². The van der Waals surface area contributed by atoms with Crippen LogP contribution in [0.4, 0.5) is 0 Å². The van der Waals surface area contributed by atoms with E-state index >= 15 is 0 Å². The summed E-state index contributed by atoms with van der Waals surface area (Å²) in [5.74, 6) is 0.845. The quantitative estimate of drug-likeness (QED) is 0.760. The van der Waals surface area contributed by atoms with Crippen LogP contribution in [0.5, 0.6) is 0 Å². The highest BCUT2D eigenvalue weighted by molar-refractivity contribution is 7.15. The zero-order valence-electron chi connectivity index (χ0n) is 12.3. The maximum absolute atomic E-state index is 5.10. The molecule has 1 saturated carbocycles. The summed E-state index contributed by atoms with van der Waals surface area (Å²) in [4.78, 5) is 5.84. The van der Waals surface area contributed by atoms with E-state index in [0.717, 1.165) is 37.0 Å². The molecule has 0 spiro atoms. The predicted octanol–water partition coefficient (Wildman–Crippen LogP) is 2.59. The Bertz CT molecular complexity index is 532. The van der Waals surface area contributed by atoms with Crippen molar-refractivity contribution in [3.63, 3.8) is 0 Å². The number of thiazole rings is 1. The van der Waals surface area contributed by atoms with Gasteiger partial charge >= 0.3 is 0 Å². The number of aromatic nitrogens is 2. The molecule has 1 N–H and O–H groups in total. The van der Waals surface area contributed by atoms with Gasteiger partial charge in [-0.05, 0) is 30.6 Å². The molecule has 2 aromatic rings. The van der Waals surface area contributed by atoms with Crippen LogP contribution < -0.4 is 5.32 Å². The summed E-state index contributed by atoms with van der Waals surface area (Å²) >= 11 is 1.70. The maximum atomic E-state index is 5.10. The second kappa shape index (κ2) is 5.84. The van der Waals surface area contributed by atoms with E-state index in [1.165, 1.54) is 18.5 Å². The van der Waals surface area contributed by atoms with E-state index in [-0.39, 0.29) is 0 Å².